The largest absolute Gasteiger partial charge is 0.466 e. The lowest BCUT2D eigenvalue weighted by molar-refractivity contribution is -0.146. The molecule has 3 heteroatoms. The molecule has 0 amide bonds. The Balaban J connectivity index is 4.72. The number of esters is 1. The van der Waals surface area contributed by atoms with E-state index in [1.54, 1.807) is 0 Å². The number of nitrogens with zero attached hydrogens (tertiary/aromatic N) is 1. The van der Waals surface area contributed by atoms with Crippen molar-refractivity contribution in [1.29, 1.82) is 0 Å². The maximum absolute atomic E-state index is 11.8. The zero-order valence-electron chi connectivity index (χ0n) is 13.1. The van der Waals surface area contributed by atoms with Gasteiger partial charge in [0.05, 0.1) is 13.0 Å². The van der Waals surface area contributed by atoms with Crippen molar-refractivity contribution in [2.24, 2.45) is 5.92 Å². The van der Waals surface area contributed by atoms with E-state index in [-0.39, 0.29) is 11.5 Å². The van der Waals surface area contributed by atoms with Crippen LogP contribution in [0.25, 0.3) is 0 Å². The van der Waals surface area contributed by atoms with Gasteiger partial charge in [-0.2, -0.15) is 0 Å². The highest BCUT2D eigenvalue weighted by Crippen LogP contribution is 2.27. The molecule has 0 aliphatic rings. The zero-order valence-corrected chi connectivity index (χ0v) is 13.1. The predicted molar refractivity (Wildman–Crippen MR) is 76.6 cm³/mol. The standard InChI is InChI=1S/C15H31NO2/c1-7-16(8-2)15(6,11-10-13(4)5)12-14(17)18-9-3/h13H,7-12H2,1-6H3. The molecule has 1 atom stereocenters. The predicted octanol–water partition coefficient (Wildman–Crippen LogP) is 3.48. The van der Waals surface area contributed by atoms with Gasteiger partial charge in [-0.05, 0) is 45.7 Å². The second-order valence-electron chi connectivity index (χ2n) is 5.58. The highest BCUT2D eigenvalue weighted by atomic mass is 16.5. The maximum atomic E-state index is 11.8. The first kappa shape index (κ1) is 17.4. The summed E-state index contributed by atoms with van der Waals surface area (Å²) in [6, 6.07) is 0. The van der Waals surface area contributed by atoms with E-state index in [0.29, 0.717) is 18.9 Å². The van der Waals surface area contributed by atoms with Gasteiger partial charge in [-0.1, -0.05) is 27.7 Å². The fourth-order valence-electron chi connectivity index (χ4n) is 2.47. The van der Waals surface area contributed by atoms with Gasteiger partial charge in [0.15, 0.2) is 0 Å². The van der Waals surface area contributed by atoms with Gasteiger partial charge in [0, 0.05) is 5.54 Å². The van der Waals surface area contributed by atoms with Crippen LogP contribution < -0.4 is 0 Å². The molecule has 108 valence electrons. The first-order valence-electron chi connectivity index (χ1n) is 7.30. The summed E-state index contributed by atoms with van der Waals surface area (Å²) in [7, 11) is 0. The third-order valence-corrected chi connectivity index (χ3v) is 3.62. The second kappa shape index (κ2) is 8.52. The number of ether oxygens (including phenoxy) is 1. The van der Waals surface area contributed by atoms with Crippen LogP contribution in [0, 0.1) is 5.92 Å². The molecule has 0 aromatic heterocycles. The van der Waals surface area contributed by atoms with Crippen molar-refractivity contribution in [2.45, 2.75) is 66.3 Å². The molecule has 0 saturated heterocycles. The summed E-state index contributed by atoms with van der Waals surface area (Å²) in [4.78, 5) is 14.2. The summed E-state index contributed by atoms with van der Waals surface area (Å²) in [5.74, 6) is 0.595. The lowest BCUT2D eigenvalue weighted by Gasteiger charge is -2.40. The number of hydrogen-bond donors (Lipinski definition) is 0. The normalized spacial score (nSPS) is 14.9. The first-order chi connectivity index (χ1) is 8.39. The van der Waals surface area contributed by atoms with Gasteiger partial charge in [0.1, 0.15) is 0 Å². The summed E-state index contributed by atoms with van der Waals surface area (Å²) in [5.41, 5.74) is -0.0694. The molecule has 1 unspecified atom stereocenters. The molecule has 0 fully saturated rings. The zero-order chi connectivity index (χ0) is 14.2. The molecule has 0 saturated carbocycles. The summed E-state index contributed by atoms with van der Waals surface area (Å²) >= 11 is 0. The van der Waals surface area contributed by atoms with Crippen molar-refractivity contribution < 1.29 is 9.53 Å². The Bertz CT molecular complexity index is 237. The Hall–Kier alpha value is -0.570. The van der Waals surface area contributed by atoms with Gasteiger partial charge in [0.2, 0.25) is 0 Å². The van der Waals surface area contributed by atoms with E-state index >= 15 is 0 Å². The minimum absolute atomic E-state index is 0.0694. The topological polar surface area (TPSA) is 29.5 Å². The van der Waals surface area contributed by atoms with Crippen LogP contribution in [0.15, 0.2) is 0 Å². The third kappa shape index (κ3) is 5.85. The van der Waals surface area contributed by atoms with E-state index in [9.17, 15) is 4.79 Å². The Morgan fingerprint density at radius 1 is 1.22 bits per heavy atom. The quantitative estimate of drug-likeness (QED) is 0.592. The fraction of sp³-hybridized carbons (Fsp3) is 0.933. The summed E-state index contributed by atoms with van der Waals surface area (Å²) in [6.07, 6.45) is 2.69. The van der Waals surface area contributed by atoms with Crippen molar-refractivity contribution in [2.75, 3.05) is 19.7 Å². The average molecular weight is 257 g/mol. The van der Waals surface area contributed by atoms with Crippen LogP contribution in [0.3, 0.4) is 0 Å². The van der Waals surface area contributed by atoms with E-state index in [2.05, 4.69) is 39.5 Å². The van der Waals surface area contributed by atoms with E-state index < -0.39 is 0 Å². The van der Waals surface area contributed by atoms with Gasteiger partial charge in [0.25, 0.3) is 0 Å². The van der Waals surface area contributed by atoms with Crippen molar-refractivity contribution in [1.82, 2.24) is 4.90 Å². The third-order valence-electron chi connectivity index (χ3n) is 3.62. The van der Waals surface area contributed by atoms with Crippen LogP contribution in [0.2, 0.25) is 0 Å². The van der Waals surface area contributed by atoms with Crippen LogP contribution in [0.1, 0.15) is 60.8 Å². The van der Waals surface area contributed by atoms with Gasteiger partial charge in [-0.3, -0.25) is 9.69 Å². The van der Waals surface area contributed by atoms with Gasteiger partial charge >= 0.3 is 5.97 Å². The smallest absolute Gasteiger partial charge is 0.307 e. The number of carbonyl (C=O) groups is 1. The van der Waals surface area contributed by atoms with Crippen LogP contribution in [0.5, 0.6) is 0 Å². The molecule has 3 nitrogen and oxygen atoms in total. The Labute approximate surface area is 113 Å². The molecule has 0 heterocycles. The summed E-state index contributed by atoms with van der Waals surface area (Å²) in [6.45, 7) is 15.2. The van der Waals surface area contributed by atoms with Crippen LogP contribution in [-0.2, 0) is 9.53 Å². The molecule has 0 aromatic carbocycles. The highest BCUT2D eigenvalue weighted by Gasteiger charge is 2.32. The monoisotopic (exact) mass is 257 g/mol. The minimum atomic E-state index is -0.0735. The molecule has 0 bridgehead atoms. The Morgan fingerprint density at radius 2 is 1.78 bits per heavy atom. The van der Waals surface area contributed by atoms with Crippen molar-refractivity contribution in [3.05, 3.63) is 0 Å². The van der Waals surface area contributed by atoms with Crippen molar-refractivity contribution in [3.63, 3.8) is 0 Å². The minimum Gasteiger partial charge on any atom is -0.466 e. The van der Waals surface area contributed by atoms with E-state index in [1.165, 1.54) is 0 Å². The summed E-state index contributed by atoms with van der Waals surface area (Å²) < 4.78 is 5.12. The summed E-state index contributed by atoms with van der Waals surface area (Å²) in [5, 5.41) is 0. The maximum Gasteiger partial charge on any atom is 0.307 e. The fourth-order valence-corrected chi connectivity index (χ4v) is 2.47. The van der Waals surface area contributed by atoms with Gasteiger partial charge < -0.3 is 4.74 Å². The molecule has 18 heavy (non-hydrogen) atoms. The van der Waals surface area contributed by atoms with E-state index in [0.717, 1.165) is 25.9 Å². The first-order valence-corrected chi connectivity index (χ1v) is 7.30. The van der Waals surface area contributed by atoms with E-state index in [1.807, 2.05) is 6.92 Å². The van der Waals surface area contributed by atoms with Crippen LogP contribution in [0.4, 0.5) is 0 Å². The molecular weight excluding hydrogens is 226 g/mol. The van der Waals surface area contributed by atoms with Crippen molar-refractivity contribution in [3.8, 4) is 0 Å². The lowest BCUT2D eigenvalue weighted by Crippen LogP contribution is -2.48. The molecule has 0 radical (unpaired) electrons. The van der Waals surface area contributed by atoms with Crippen LogP contribution >= 0.6 is 0 Å². The number of rotatable bonds is 9. The Morgan fingerprint density at radius 3 is 2.17 bits per heavy atom. The molecule has 0 aliphatic heterocycles. The van der Waals surface area contributed by atoms with Crippen LogP contribution in [-0.4, -0.2) is 36.1 Å². The highest BCUT2D eigenvalue weighted by molar-refractivity contribution is 5.70. The molecule has 0 spiro atoms. The molecule has 0 aliphatic carbocycles. The van der Waals surface area contributed by atoms with Gasteiger partial charge in [-0.25, -0.2) is 0 Å². The Kier molecular flexibility index (Phi) is 8.25. The average Bonchev–Trinajstić information content (AvgIpc) is 2.28. The molecule has 0 aromatic rings. The second-order valence-corrected chi connectivity index (χ2v) is 5.58. The molecule has 0 rings (SSSR count). The number of hydrogen-bond acceptors (Lipinski definition) is 3. The molecule has 0 N–H and O–H groups in total. The van der Waals surface area contributed by atoms with Gasteiger partial charge in [-0.15, -0.1) is 0 Å². The molecular formula is C15H31NO2. The van der Waals surface area contributed by atoms with Crippen molar-refractivity contribution >= 4 is 5.97 Å². The van der Waals surface area contributed by atoms with E-state index in [4.69, 9.17) is 4.74 Å². The lowest BCUT2D eigenvalue weighted by atomic mass is 9.87. The SMILES string of the molecule is CCOC(=O)CC(C)(CCC(C)C)N(CC)CC. The number of carbonyl (C=O) groups excluding carboxylic acids is 1.